The van der Waals surface area contributed by atoms with Gasteiger partial charge in [0.05, 0.1) is 11.2 Å². The Labute approximate surface area is 124 Å². The second-order valence-electron chi connectivity index (χ2n) is 5.83. The molecule has 6 heteroatoms. The van der Waals surface area contributed by atoms with Crippen molar-refractivity contribution in [2.24, 2.45) is 0 Å². The van der Waals surface area contributed by atoms with Gasteiger partial charge in [-0.2, -0.15) is 0 Å². The van der Waals surface area contributed by atoms with E-state index in [1.165, 1.54) is 0 Å². The fourth-order valence-corrected chi connectivity index (χ4v) is 2.09. The quantitative estimate of drug-likeness (QED) is 0.852. The molecule has 0 saturated carbocycles. The summed E-state index contributed by atoms with van der Waals surface area (Å²) in [6, 6.07) is 7.54. The van der Waals surface area contributed by atoms with Crippen molar-refractivity contribution in [1.29, 1.82) is 0 Å². The summed E-state index contributed by atoms with van der Waals surface area (Å²) in [6.45, 7) is 8.11. The van der Waals surface area contributed by atoms with E-state index in [9.17, 15) is 4.79 Å². The van der Waals surface area contributed by atoms with Crippen LogP contribution in [-0.4, -0.2) is 29.8 Å². The van der Waals surface area contributed by atoms with Crippen LogP contribution in [0.3, 0.4) is 0 Å². The Hall–Kier alpha value is -0.975. The van der Waals surface area contributed by atoms with Gasteiger partial charge < -0.3 is 14.6 Å². The highest BCUT2D eigenvalue weighted by Crippen LogP contribution is 2.36. The predicted octanol–water partition coefficient (Wildman–Crippen LogP) is 2.88. The van der Waals surface area contributed by atoms with Crippen molar-refractivity contribution in [1.82, 2.24) is 0 Å². The number of benzene rings is 1. The summed E-state index contributed by atoms with van der Waals surface area (Å²) in [5.41, 5.74) is 1.03. The van der Waals surface area contributed by atoms with Crippen LogP contribution in [0.4, 0.5) is 10.5 Å². The second kappa shape index (κ2) is 5.43. The van der Waals surface area contributed by atoms with Crippen LogP contribution in [0.5, 0.6) is 0 Å². The molecular formula is C14H20BNO3S. The second-order valence-corrected chi connectivity index (χ2v) is 6.61. The smallest absolute Gasteiger partial charge is 0.399 e. The summed E-state index contributed by atoms with van der Waals surface area (Å²) in [4.78, 5) is 11.3. The molecule has 1 aromatic carbocycles. The van der Waals surface area contributed by atoms with Gasteiger partial charge in [0.1, 0.15) is 0 Å². The number of carbonyl (C=O) groups excluding carboxylic acids is 1. The highest BCUT2D eigenvalue weighted by atomic mass is 32.2. The number of hydrogen-bond donors (Lipinski definition) is 1. The number of amides is 1. The van der Waals surface area contributed by atoms with Gasteiger partial charge in [-0.05, 0) is 51.5 Å². The van der Waals surface area contributed by atoms with Crippen LogP contribution in [0.25, 0.3) is 0 Å². The van der Waals surface area contributed by atoms with Crippen molar-refractivity contribution in [2.75, 3.05) is 11.6 Å². The molecule has 1 fully saturated rings. The first-order valence-electron chi connectivity index (χ1n) is 6.56. The van der Waals surface area contributed by atoms with E-state index in [4.69, 9.17) is 9.31 Å². The highest BCUT2D eigenvalue weighted by molar-refractivity contribution is 8.13. The zero-order chi connectivity index (χ0) is 15.0. The summed E-state index contributed by atoms with van der Waals surface area (Å²) >= 11 is 1.15. The number of hydrogen-bond acceptors (Lipinski definition) is 4. The molecule has 1 aliphatic rings. The first-order chi connectivity index (χ1) is 9.25. The largest absolute Gasteiger partial charge is 0.494 e. The molecule has 1 heterocycles. The minimum atomic E-state index is -0.370. The summed E-state index contributed by atoms with van der Waals surface area (Å²) in [6.07, 6.45) is 1.74. The van der Waals surface area contributed by atoms with E-state index in [2.05, 4.69) is 5.32 Å². The molecule has 1 saturated heterocycles. The molecule has 0 aliphatic carbocycles. The van der Waals surface area contributed by atoms with Crippen molar-refractivity contribution in [2.45, 2.75) is 38.9 Å². The lowest BCUT2D eigenvalue weighted by Crippen LogP contribution is -2.41. The molecule has 0 radical (unpaired) electrons. The zero-order valence-electron chi connectivity index (χ0n) is 12.5. The molecule has 1 aromatic rings. The van der Waals surface area contributed by atoms with E-state index in [0.29, 0.717) is 0 Å². The molecule has 2 rings (SSSR count). The Balaban J connectivity index is 2.10. The Kier molecular flexibility index (Phi) is 4.18. The van der Waals surface area contributed by atoms with E-state index in [-0.39, 0.29) is 23.6 Å². The number of rotatable bonds is 2. The van der Waals surface area contributed by atoms with Crippen LogP contribution < -0.4 is 10.8 Å². The summed E-state index contributed by atoms with van der Waals surface area (Å²) in [5.74, 6) is 0. The number of nitrogens with one attached hydrogen (secondary N) is 1. The van der Waals surface area contributed by atoms with Crippen LogP contribution in [0.1, 0.15) is 27.7 Å². The van der Waals surface area contributed by atoms with Crippen LogP contribution in [-0.2, 0) is 9.31 Å². The van der Waals surface area contributed by atoms with Crippen molar-refractivity contribution < 1.29 is 14.1 Å². The monoisotopic (exact) mass is 293 g/mol. The van der Waals surface area contributed by atoms with Gasteiger partial charge in [0, 0.05) is 5.69 Å². The van der Waals surface area contributed by atoms with Crippen molar-refractivity contribution in [3.8, 4) is 0 Å². The maximum atomic E-state index is 11.3. The molecule has 1 aliphatic heterocycles. The van der Waals surface area contributed by atoms with E-state index in [1.54, 1.807) is 6.26 Å². The van der Waals surface area contributed by atoms with Gasteiger partial charge in [0.2, 0.25) is 0 Å². The van der Waals surface area contributed by atoms with Gasteiger partial charge in [-0.3, -0.25) is 4.79 Å². The minimum absolute atomic E-state index is 0.0756. The minimum Gasteiger partial charge on any atom is -0.399 e. The first kappa shape index (κ1) is 15.4. The molecule has 1 amide bonds. The van der Waals surface area contributed by atoms with Crippen LogP contribution in [0.2, 0.25) is 0 Å². The topological polar surface area (TPSA) is 47.6 Å². The highest BCUT2D eigenvalue weighted by Gasteiger charge is 2.51. The lowest BCUT2D eigenvalue weighted by atomic mass is 9.79. The fourth-order valence-electron chi connectivity index (χ4n) is 1.87. The predicted molar refractivity (Wildman–Crippen MR) is 84.7 cm³/mol. The average molecular weight is 293 g/mol. The number of carbonyl (C=O) groups is 1. The average Bonchev–Trinajstić information content (AvgIpc) is 2.59. The molecule has 0 spiro atoms. The van der Waals surface area contributed by atoms with Crippen molar-refractivity contribution >= 4 is 35.3 Å². The molecule has 4 nitrogen and oxygen atoms in total. The van der Waals surface area contributed by atoms with Crippen LogP contribution in [0.15, 0.2) is 24.3 Å². The van der Waals surface area contributed by atoms with Gasteiger partial charge in [-0.15, -0.1) is 0 Å². The van der Waals surface area contributed by atoms with E-state index >= 15 is 0 Å². The molecule has 0 unspecified atom stereocenters. The standard InChI is InChI=1S/C14H20BNO3S/c1-13(2)14(3,4)19-15(18-13)10-6-8-11(9-7-10)16-12(17)20-5/h6-9H,1-5H3,(H,16,17). The Morgan fingerprint density at radius 3 is 2.05 bits per heavy atom. The molecule has 108 valence electrons. The Morgan fingerprint density at radius 2 is 1.60 bits per heavy atom. The number of anilines is 1. The van der Waals surface area contributed by atoms with E-state index in [0.717, 1.165) is 22.9 Å². The van der Waals surface area contributed by atoms with Crippen molar-refractivity contribution in [3.05, 3.63) is 24.3 Å². The zero-order valence-corrected chi connectivity index (χ0v) is 13.3. The van der Waals surface area contributed by atoms with Crippen LogP contribution in [0, 0.1) is 0 Å². The van der Waals surface area contributed by atoms with Gasteiger partial charge in [-0.1, -0.05) is 23.9 Å². The molecular weight excluding hydrogens is 273 g/mol. The van der Waals surface area contributed by atoms with Gasteiger partial charge in [0.15, 0.2) is 0 Å². The maximum absolute atomic E-state index is 11.3. The van der Waals surface area contributed by atoms with Gasteiger partial charge >= 0.3 is 7.12 Å². The lowest BCUT2D eigenvalue weighted by molar-refractivity contribution is 0.00578. The summed E-state index contributed by atoms with van der Waals surface area (Å²) in [5, 5.41) is 2.71. The Morgan fingerprint density at radius 1 is 1.10 bits per heavy atom. The molecule has 1 N–H and O–H groups in total. The third-order valence-corrected chi connectivity index (χ3v) is 4.34. The Bertz CT molecular complexity index is 486. The fraction of sp³-hybridized carbons (Fsp3) is 0.500. The van der Waals surface area contributed by atoms with Crippen LogP contribution >= 0.6 is 11.8 Å². The van der Waals surface area contributed by atoms with Gasteiger partial charge in [-0.25, -0.2) is 0 Å². The molecule has 0 aromatic heterocycles. The maximum Gasteiger partial charge on any atom is 0.494 e. The van der Waals surface area contributed by atoms with Crippen molar-refractivity contribution in [3.63, 3.8) is 0 Å². The third kappa shape index (κ3) is 3.02. The summed E-state index contributed by atoms with van der Waals surface area (Å²) in [7, 11) is -0.370. The van der Waals surface area contributed by atoms with E-state index in [1.807, 2.05) is 52.0 Å². The van der Waals surface area contributed by atoms with Gasteiger partial charge in [0.25, 0.3) is 5.24 Å². The lowest BCUT2D eigenvalue weighted by Gasteiger charge is -2.32. The molecule has 0 bridgehead atoms. The SMILES string of the molecule is CSC(=O)Nc1ccc(B2OC(C)(C)C(C)(C)O2)cc1. The molecule has 0 atom stereocenters. The van der Waals surface area contributed by atoms with E-state index < -0.39 is 0 Å². The first-order valence-corrected chi connectivity index (χ1v) is 7.78. The third-order valence-electron chi connectivity index (χ3n) is 3.87. The summed E-state index contributed by atoms with van der Waals surface area (Å²) < 4.78 is 12.0. The number of thioether (sulfide) groups is 1. The molecule has 20 heavy (non-hydrogen) atoms. The normalized spacial score (nSPS) is 19.9.